The zero-order valence-electron chi connectivity index (χ0n) is 10.4. The van der Waals surface area contributed by atoms with E-state index in [0.717, 1.165) is 12.8 Å². The van der Waals surface area contributed by atoms with Crippen LogP contribution >= 0.6 is 0 Å². The number of carbonyl (C=O) groups excluding carboxylic acids is 1. The Morgan fingerprint density at radius 1 is 1.37 bits per heavy atom. The molecule has 2 aromatic rings. The van der Waals surface area contributed by atoms with E-state index in [9.17, 15) is 4.79 Å². The van der Waals surface area contributed by atoms with Crippen LogP contribution in [0.5, 0.6) is 0 Å². The van der Waals surface area contributed by atoms with Crippen molar-refractivity contribution in [1.82, 2.24) is 10.1 Å². The Hall–Kier alpha value is -2.08. The standard InChI is InChI=1S/C13H15N3O3/c14-9-3-5-16(6-4-9)13(17)10-8-12(19-15-10)11-2-1-7-18-11/h1-2,7-9H,3-6,14H2. The number of amides is 1. The molecule has 0 spiro atoms. The number of aromatic nitrogens is 1. The Bertz CT molecular complexity index is 553. The van der Waals surface area contributed by atoms with E-state index in [0.29, 0.717) is 30.3 Å². The molecule has 0 bridgehead atoms. The molecule has 19 heavy (non-hydrogen) atoms. The maximum Gasteiger partial charge on any atom is 0.276 e. The van der Waals surface area contributed by atoms with Crippen LogP contribution in [0.3, 0.4) is 0 Å². The third-order valence-corrected chi connectivity index (χ3v) is 3.32. The van der Waals surface area contributed by atoms with Gasteiger partial charge in [0.05, 0.1) is 6.26 Å². The molecule has 1 aliphatic rings. The summed E-state index contributed by atoms with van der Waals surface area (Å²) >= 11 is 0. The molecule has 6 nitrogen and oxygen atoms in total. The van der Waals surface area contributed by atoms with Crippen LogP contribution in [0.25, 0.3) is 11.5 Å². The van der Waals surface area contributed by atoms with E-state index in [1.54, 1.807) is 29.4 Å². The van der Waals surface area contributed by atoms with Crippen LogP contribution in [-0.2, 0) is 0 Å². The Morgan fingerprint density at radius 3 is 2.84 bits per heavy atom. The maximum atomic E-state index is 12.2. The zero-order valence-corrected chi connectivity index (χ0v) is 10.4. The molecule has 1 fully saturated rings. The number of nitrogens with two attached hydrogens (primary N) is 1. The number of likely N-dealkylation sites (tertiary alicyclic amines) is 1. The van der Waals surface area contributed by atoms with Crippen molar-refractivity contribution in [1.29, 1.82) is 0 Å². The number of piperidine rings is 1. The summed E-state index contributed by atoms with van der Waals surface area (Å²) in [5.41, 5.74) is 6.13. The van der Waals surface area contributed by atoms with Gasteiger partial charge in [-0.25, -0.2) is 0 Å². The molecule has 2 aromatic heterocycles. The molecule has 0 atom stereocenters. The molecular formula is C13H15N3O3. The Morgan fingerprint density at radius 2 is 2.16 bits per heavy atom. The van der Waals surface area contributed by atoms with Crippen LogP contribution in [0.2, 0.25) is 0 Å². The van der Waals surface area contributed by atoms with Crippen molar-refractivity contribution in [2.75, 3.05) is 13.1 Å². The van der Waals surface area contributed by atoms with Crippen LogP contribution in [0, 0.1) is 0 Å². The van der Waals surface area contributed by atoms with Gasteiger partial charge >= 0.3 is 0 Å². The van der Waals surface area contributed by atoms with Gasteiger partial charge < -0.3 is 19.6 Å². The predicted octanol–water partition coefficient (Wildman–Crippen LogP) is 1.50. The van der Waals surface area contributed by atoms with Gasteiger partial charge in [0.1, 0.15) is 0 Å². The lowest BCUT2D eigenvalue weighted by Crippen LogP contribution is -2.42. The number of furan rings is 1. The molecule has 6 heteroatoms. The summed E-state index contributed by atoms with van der Waals surface area (Å²) in [6, 6.07) is 5.32. The van der Waals surface area contributed by atoms with Crippen molar-refractivity contribution in [3.8, 4) is 11.5 Å². The molecule has 1 saturated heterocycles. The molecule has 100 valence electrons. The van der Waals surface area contributed by atoms with E-state index in [2.05, 4.69) is 5.16 Å². The van der Waals surface area contributed by atoms with E-state index in [1.807, 2.05) is 0 Å². The third-order valence-electron chi connectivity index (χ3n) is 3.32. The quantitative estimate of drug-likeness (QED) is 0.885. The average Bonchev–Trinajstić information content (AvgIpc) is 3.10. The van der Waals surface area contributed by atoms with Crippen molar-refractivity contribution in [2.45, 2.75) is 18.9 Å². The normalized spacial score (nSPS) is 16.8. The lowest BCUT2D eigenvalue weighted by Gasteiger charge is -2.29. The van der Waals surface area contributed by atoms with Crippen molar-refractivity contribution >= 4 is 5.91 Å². The summed E-state index contributed by atoms with van der Waals surface area (Å²) in [6.45, 7) is 1.34. The van der Waals surface area contributed by atoms with Gasteiger partial charge in [0.25, 0.3) is 5.91 Å². The van der Waals surface area contributed by atoms with Gasteiger partial charge in [-0.2, -0.15) is 0 Å². The summed E-state index contributed by atoms with van der Waals surface area (Å²) in [7, 11) is 0. The topological polar surface area (TPSA) is 85.5 Å². The van der Waals surface area contributed by atoms with Gasteiger partial charge in [0, 0.05) is 25.2 Å². The van der Waals surface area contributed by atoms with Crippen LogP contribution in [0.4, 0.5) is 0 Å². The van der Waals surface area contributed by atoms with Crippen molar-refractivity contribution in [3.63, 3.8) is 0 Å². The average molecular weight is 261 g/mol. The fraction of sp³-hybridized carbons (Fsp3) is 0.385. The minimum absolute atomic E-state index is 0.117. The van der Waals surface area contributed by atoms with Crippen LogP contribution in [-0.4, -0.2) is 35.1 Å². The SMILES string of the molecule is NC1CCN(C(=O)c2cc(-c3ccco3)on2)CC1. The lowest BCUT2D eigenvalue weighted by atomic mass is 10.1. The van der Waals surface area contributed by atoms with Gasteiger partial charge in [-0.15, -0.1) is 0 Å². The van der Waals surface area contributed by atoms with Gasteiger partial charge in [-0.1, -0.05) is 5.16 Å². The first-order valence-electron chi connectivity index (χ1n) is 6.29. The summed E-state index contributed by atoms with van der Waals surface area (Å²) < 4.78 is 10.3. The number of hydrogen-bond acceptors (Lipinski definition) is 5. The van der Waals surface area contributed by atoms with Crippen molar-refractivity contribution in [3.05, 3.63) is 30.2 Å². The van der Waals surface area contributed by atoms with Gasteiger partial charge in [0.2, 0.25) is 5.76 Å². The highest BCUT2D eigenvalue weighted by atomic mass is 16.5. The van der Waals surface area contributed by atoms with Crippen molar-refractivity contribution in [2.24, 2.45) is 5.73 Å². The molecule has 0 aliphatic carbocycles. The second-order valence-electron chi connectivity index (χ2n) is 4.68. The summed E-state index contributed by atoms with van der Waals surface area (Å²) in [5.74, 6) is 0.905. The van der Waals surface area contributed by atoms with E-state index in [-0.39, 0.29) is 11.9 Å². The first kappa shape index (κ1) is 12.0. The highest BCUT2D eigenvalue weighted by molar-refractivity contribution is 5.93. The van der Waals surface area contributed by atoms with Gasteiger partial charge in [-0.3, -0.25) is 4.79 Å². The molecule has 2 N–H and O–H groups in total. The first-order chi connectivity index (χ1) is 9.24. The molecule has 0 saturated carbocycles. The summed E-state index contributed by atoms with van der Waals surface area (Å²) in [6.07, 6.45) is 3.20. The van der Waals surface area contributed by atoms with E-state index < -0.39 is 0 Å². The number of carbonyl (C=O) groups is 1. The van der Waals surface area contributed by atoms with E-state index in [1.165, 1.54) is 0 Å². The molecule has 1 amide bonds. The monoisotopic (exact) mass is 261 g/mol. The summed E-state index contributed by atoms with van der Waals surface area (Å²) in [4.78, 5) is 14.0. The first-order valence-corrected chi connectivity index (χ1v) is 6.29. The van der Waals surface area contributed by atoms with E-state index >= 15 is 0 Å². The second kappa shape index (κ2) is 4.89. The second-order valence-corrected chi connectivity index (χ2v) is 4.68. The fourth-order valence-corrected chi connectivity index (χ4v) is 2.18. The molecule has 1 aliphatic heterocycles. The Labute approximate surface area is 110 Å². The molecule has 0 aromatic carbocycles. The maximum absolute atomic E-state index is 12.2. The third kappa shape index (κ3) is 2.39. The Kier molecular flexibility index (Phi) is 3.08. The smallest absolute Gasteiger partial charge is 0.276 e. The highest BCUT2D eigenvalue weighted by Crippen LogP contribution is 2.21. The molecule has 3 rings (SSSR count). The number of rotatable bonds is 2. The minimum Gasteiger partial charge on any atom is -0.461 e. The Balaban J connectivity index is 1.74. The predicted molar refractivity (Wildman–Crippen MR) is 67.3 cm³/mol. The van der Waals surface area contributed by atoms with Crippen LogP contribution < -0.4 is 5.73 Å². The molecular weight excluding hydrogens is 246 g/mol. The molecule has 3 heterocycles. The van der Waals surface area contributed by atoms with Gasteiger partial charge in [-0.05, 0) is 25.0 Å². The van der Waals surface area contributed by atoms with E-state index in [4.69, 9.17) is 14.7 Å². The molecule has 0 unspecified atom stereocenters. The fourth-order valence-electron chi connectivity index (χ4n) is 2.18. The summed E-state index contributed by atoms with van der Waals surface area (Å²) in [5, 5.41) is 3.81. The van der Waals surface area contributed by atoms with Crippen LogP contribution in [0.1, 0.15) is 23.3 Å². The minimum atomic E-state index is -0.117. The highest BCUT2D eigenvalue weighted by Gasteiger charge is 2.24. The van der Waals surface area contributed by atoms with Crippen molar-refractivity contribution < 1.29 is 13.7 Å². The number of nitrogens with zero attached hydrogens (tertiary/aromatic N) is 2. The largest absolute Gasteiger partial charge is 0.461 e. The van der Waals surface area contributed by atoms with Crippen LogP contribution in [0.15, 0.2) is 33.4 Å². The molecule has 0 radical (unpaired) electrons. The zero-order chi connectivity index (χ0) is 13.2. The van der Waals surface area contributed by atoms with Gasteiger partial charge in [0.15, 0.2) is 11.5 Å². The number of hydrogen-bond donors (Lipinski definition) is 1. The lowest BCUT2D eigenvalue weighted by molar-refractivity contribution is 0.0704.